The third kappa shape index (κ3) is 8.06. The van der Waals surface area contributed by atoms with Crippen molar-refractivity contribution in [2.45, 2.75) is 83.3 Å². The molecule has 1 saturated carbocycles. The maximum atomic E-state index is 13.6. The number of carbonyl (C=O) groups is 3. The fraction of sp³-hybridized carbons (Fsp3) is 0.477. The highest BCUT2D eigenvalue weighted by molar-refractivity contribution is 6.01. The van der Waals surface area contributed by atoms with Crippen molar-refractivity contribution in [1.29, 1.82) is 5.26 Å². The van der Waals surface area contributed by atoms with Crippen LogP contribution in [0.3, 0.4) is 0 Å². The lowest BCUT2D eigenvalue weighted by atomic mass is 9.81. The minimum absolute atomic E-state index is 0.105. The number of hydrogen-bond acceptors (Lipinski definition) is 10. The maximum absolute atomic E-state index is 13.6. The first kappa shape index (κ1) is 39.8. The number of nitriles is 1. The molecule has 8 rings (SSSR count). The van der Waals surface area contributed by atoms with Crippen molar-refractivity contribution in [2.24, 2.45) is 18.9 Å². The first-order chi connectivity index (χ1) is 28.5. The highest BCUT2D eigenvalue weighted by atomic mass is 16.2. The lowest BCUT2D eigenvalue weighted by molar-refractivity contribution is -0.135. The molecule has 1 unspecified atom stereocenters. The van der Waals surface area contributed by atoms with E-state index in [1.807, 2.05) is 48.9 Å². The van der Waals surface area contributed by atoms with Crippen LogP contribution in [0.5, 0.6) is 0 Å². The molecule has 6 heterocycles. The molecule has 3 amide bonds. The summed E-state index contributed by atoms with van der Waals surface area (Å²) in [4.78, 5) is 65.6. The standard InChI is InChI=1S/C44H53N11O4/c1-27(2)49-34-21-38(54-19-14-31-20-30(22-45)24-47-41(31)54)46-25-33(34)42(57)48-23-28-8-10-29(11-9-28)26-51(3)32-15-17-53(18-16-32)35-6-5-7-36-40(35)52(4)44(59)55(36)37-12-13-39(56)50-43(37)58/h5-7,14,19-21,24-25,27-29,32,37H,8-13,15-18,23,26H2,1-4H3,(H,46,49)(H,48,57)(H,50,56,58). The van der Waals surface area contributed by atoms with Gasteiger partial charge in [-0.1, -0.05) is 6.07 Å². The third-order valence-electron chi connectivity index (χ3n) is 12.6. The molecule has 2 saturated heterocycles. The van der Waals surface area contributed by atoms with E-state index in [2.05, 4.69) is 54.9 Å². The van der Waals surface area contributed by atoms with E-state index < -0.39 is 11.9 Å². The van der Waals surface area contributed by atoms with Gasteiger partial charge in [-0.3, -0.25) is 33.4 Å². The van der Waals surface area contributed by atoms with E-state index in [0.29, 0.717) is 59.1 Å². The number of piperidine rings is 2. The van der Waals surface area contributed by atoms with E-state index in [9.17, 15) is 24.4 Å². The number of hydrogen-bond donors (Lipinski definition) is 3. The third-order valence-corrected chi connectivity index (χ3v) is 12.6. The van der Waals surface area contributed by atoms with Crippen molar-refractivity contribution in [2.75, 3.05) is 43.4 Å². The van der Waals surface area contributed by atoms with Crippen LogP contribution in [0.25, 0.3) is 27.9 Å². The van der Waals surface area contributed by atoms with E-state index >= 15 is 0 Å². The number of benzene rings is 1. The lowest BCUT2D eigenvalue weighted by Crippen LogP contribution is -2.45. The molecule has 1 atom stereocenters. The Labute approximate surface area is 343 Å². The molecule has 3 N–H and O–H groups in total. The number of rotatable bonds is 11. The average molecular weight is 800 g/mol. The van der Waals surface area contributed by atoms with Crippen molar-refractivity contribution < 1.29 is 14.4 Å². The number of amides is 3. The van der Waals surface area contributed by atoms with Crippen LogP contribution in [-0.2, 0) is 16.6 Å². The number of fused-ring (bicyclic) bond motifs is 2. The topological polar surface area (TPSA) is 175 Å². The van der Waals surface area contributed by atoms with Crippen LogP contribution in [0.1, 0.15) is 87.2 Å². The summed E-state index contributed by atoms with van der Waals surface area (Å²) < 4.78 is 5.06. The van der Waals surface area contributed by atoms with Gasteiger partial charge in [0.2, 0.25) is 11.8 Å². The summed E-state index contributed by atoms with van der Waals surface area (Å²) in [5.41, 5.74) is 4.70. The predicted molar refractivity (Wildman–Crippen MR) is 227 cm³/mol. The largest absolute Gasteiger partial charge is 0.382 e. The summed E-state index contributed by atoms with van der Waals surface area (Å²) in [5, 5.41) is 19.1. The quantitative estimate of drug-likeness (QED) is 0.156. The molecule has 5 aromatic rings. The lowest BCUT2D eigenvalue weighted by Gasteiger charge is -2.40. The second-order valence-corrected chi connectivity index (χ2v) is 16.9. The molecule has 59 heavy (non-hydrogen) atoms. The molecule has 0 radical (unpaired) electrons. The van der Waals surface area contributed by atoms with E-state index in [4.69, 9.17) is 0 Å². The molecule has 3 fully saturated rings. The second kappa shape index (κ2) is 16.7. The number of nitrogens with zero attached hydrogens (tertiary/aromatic N) is 8. The summed E-state index contributed by atoms with van der Waals surface area (Å²) in [7, 11) is 4.01. The smallest absolute Gasteiger partial charge is 0.329 e. The normalized spacial score (nSPS) is 20.4. The Morgan fingerprint density at radius 3 is 2.49 bits per heavy atom. The number of carbonyl (C=O) groups excluding carboxylic acids is 3. The van der Waals surface area contributed by atoms with Crippen LogP contribution in [0.4, 0.5) is 11.4 Å². The zero-order valence-electron chi connectivity index (χ0n) is 34.3. The van der Waals surface area contributed by atoms with Gasteiger partial charge in [0.05, 0.1) is 33.5 Å². The Kier molecular flexibility index (Phi) is 11.3. The molecule has 3 aliphatic rings. The van der Waals surface area contributed by atoms with Gasteiger partial charge >= 0.3 is 5.69 Å². The van der Waals surface area contributed by atoms with Crippen molar-refractivity contribution in [3.8, 4) is 11.9 Å². The van der Waals surface area contributed by atoms with E-state index in [-0.39, 0.29) is 30.0 Å². The van der Waals surface area contributed by atoms with Gasteiger partial charge in [-0.15, -0.1) is 0 Å². The summed E-state index contributed by atoms with van der Waals surface area (Å²) in [6.45, 7) is 7.50. The van der Waals surface area contributed by atoms with Gasteiger partial charge < -0.3 is 20.4 Å². The van der Waals surface area contributed by atoms with Crippen LogP contribution in [-0.4, -0.2) is 91.6 Å². The molecule has 15 heteroatoms. The van der Waals surface area contributed by atoms with E-state index in [0.717, 1.165) is 80.3 Å². The molecule has 308 valence electrons. The van der Waals surface area contributed by atoms with Crippen molar-refractivity contribution in [1.82, 2.24) is 39.2 Å². The number of aromatic nitrogens is 5. The van der Waals surface area contributed by atoms with Crippen LogP contribution in [0, 0.1) is 23.2 Å². The number of nitrogens with one attached hydrogen (secondary N) is 3. The Hall–Kier alpha value is -6.01. The number of para-hydroxylation sites is 1. The van der Waals surface area contributed by atoms with Gasteiger partial charge in [0.15, 0.2) is 0 Å². The van der Waals surface area contributed by atoms with Crippen molar-refractivity contribution in [3.63, 3.8) is 0 Å². The second-order valence-electron chi connectivity index (χ2n) is 16.9. The fourth-order valence-corrected chi connectivity index (χ4v) is 9.41. The molecular weight excluding hydrogens is 747 g/mol. The highest BCUT2D eigenvalue weighted by Gasteiger charge is 2.33. The minimum atomic E-state index is -0.702. The van der Waals surface area contributed by atoms with Crippen LogP contribution in [0.2, 0.25) is 0 Å². The Morgan fingerprint density at radius 1 is 1.00 bits per heavy atom. The molecule has 0 spiro atoms. The molecular formula is C44H53N11O4. The first-order valence-corrected chi connectivity index (χ1v) is 20.9. The average Bonchev–Trinajstić information content (AvgIpc) is 3.77. The number of imidazole rings is 1. The molecule has 2 aliphatic heterocycles. The summed E-state index contributed by atoms with van der Waals surface area (Å²) in [6.07, 6.45) is 12.0. The Bertz CT molecular complexity index is 2500. The van der Waals surface area contributed by atoms with Crippen LogP contribution >= 0.6 is 0 Å². The molecule has 0 bridgehead atoms. The molecule has 15 nitrogen and oxygen atoms in total. The summed E-state index contributed by atoms with van der Waals surface area (Å²) in [5.74, 6) is 0.818. The fourth-order valence-electron chi connectivity index (χ4n) is 9.41. The molecule has 4 aromatic heterocycles. The number of imide groups is 1. The van der Waals surface area contributed by atoms with Gasteiger partial charge in [-0.25, -0.2) is 14.8 Å². The van der Waals surface area contributed by atoms with Crippen molar-refractivity contribution in [3.05, 3.63) is 76.6 Å². The summed E-state index contributed by atoms with van der Waals surface area (Å²) in [6, 6.07) is 13.5. The Morgan fingerprint density at radius 2 is 1.76 bits per heavy atom. The zero-order valence-corrected chi connectivity index (χ0v) is 34.3. The molecule has 1 aliphatic carbocycles. The van der Waals surface area contributed by atoms with E-state index in [1.54, 1.807) is 34.6 Å². The van der Waals surface area contributed by atoms with Crippen LogP contribution in [0.15, 0.2) is 59.8 Å². The Balaban J connectivity index is 0.830. The summed E-state index contributed by atoms with van der Waals surface area (Å²) >= 11 is 0. The first-order valence-electron chi connectivity index (χ1n) is 20.9. The predicted octanol–water partition coefficient (Wildman–Crippen LogP) is 4.88. The molecule has 1 aromatic carbocycles. The number of pyridine rings is 2. The van der Waals surface area contributed by atoms with Gasteiger partial charge in [-0.05, 0) is 102 Å². The monoisotopic (exact) mass is 799 g/mol. The van der Waals surface area contributed by atoms with Gasteiger partial charge in [0.25, 0.3) is 5.91 Å². The minimum Gasteiger partial charge on any atom is -0.382 e. The number of anilines is 2. The SMILES string of the molecule is CC(C)Nc1cc(-n2ccc3cc(C#N)cnc32)ncc1C(=O)NCC1CCC(CN(C)C2CCN(c3cccc4c3n(C)c(=O)n4C3CCC(=O)NC3=O)CC2)CC1. The van der Waals surface area contributed by atoms with Crippen LogP contribution < -0.4 is 26.5 Å². The highest BCUT2D eigenvalue weighted by Crippen LogP contribution is 2.34. The van der Waals surface area contributed by atoms with Crippen molar-refractivity contribution >= 4 is 51.2 Å². The number of aryl methyl sites for hydroxylation is 1. The zero-order chi connectivity index (χ0) is 41.4. The van der Waals surface area contributed by atoms with Gasteiger partial charge in [0.1, 0.15) is 23.6 Å². The van der Waals surface area contributed by atoms with E-state index in [1.165, 1.54) is 0 Å². The van der Waals surface area contributed by atoms with Gasteiger partial charge in [-0.2, -0.15) is 5.26 Å². The van der Waals surface area contributed by atoms with Gasteiger partial charge in [0, 0.05) is 81.8 Å². The maximum Gasteiger partial charge on any atom is 0.329 e.